The third-order valence-corrected chi connectivity index (χ3v) is 4.75. The summed E-state index contributed by atoms with van der Waals surface area (Å²) < 4.78 is 43.9. The second kappa shape index (κ2) is 8.87. The molecule has 0 aliphatic carbocycles. The van der Waals surface area contributed by atoms with Crippen LogP contribution >= 0.6 is 11.8 Å². The number of halogens is 3. The number of carbonyl (C=O) groups is 2. The number of para-hydroxylation sites is 1. The Morgan fingerprint density at radius 3 is 2.31 bits per heavy atom. The van der Waals surface area contributed by atoms with Gasteiger partial charge in [-0.05, 0) is 48.5 Å². The number of anilines is 2. The number of alkyl halides is 3. The van der Waals surface area contributed by atoms with E-state index < -0.39 is 23.6 Å². The van der Waals surface area contributed by atoms with E-state index in [0.717, 1.165) is 22.7 Å². The number of nitrogens with one attached hydrogen (secondary N) is 2. The van der Waals surface area contributed by atoms with E-state index in [0.29, 0.717) is 5.69 Å². The van der Waals surface area contributed by atoms with Crippen molar-refractivity contribution in [1.82, 2.24) is 0 Å². The first-order valence-electron chi connectivity index (χ1n) is 8.37. The van der Waals surface area contributed by atoms with E-state index in [4.69, 9.17) is 4.42 Å². The van der Waals surface area contributed by atoms with Gasteiger partial charge in [0.15, 0.2) is 5.76 Å². The summed E-state index contributed by atoms with van der Waals surface area (Å²) in [5, 5.41) is 4.95. The van der Waals surface area contributed by atoms with E-state index in [1.807, 2.05) is 0 Å². The minimum atomic E-state index is -4.55. The lowest BCUT2D eigenvalue weighted by molar-refractivity contribution is -0.137. The molecule has 2 aromatic carbocycles. The van der Waals surface area contributed by atoms with E-state index in [9.17, 15) is 22.8 Å². The van der Waals surface area contributed by atoms with Crippen molar-refractivity contribution in [2.75, 3.05) is 16.4 Å². The summed E-state index contributed by atoms with van der Waals surface area (Å²) in [6.07, 6.45) is -3.15. The third-order valence-electron chi connectivity index (χ3n) is 3.73. The fraction of sp³-hybridized carbons (Fsp3) is 0.100. The quantitative estimate of drug-likeness (QED) is 0.532. The van der Waals surface area contributed by atoms with Crippen molar-refractivity contribution in [3.63, 3.8) is 0 Å². The first kappa shape index (κ1) is 20.5. The van der Waals surface area contributed by atoms with Crippen LogP contribution in [0.1, 0.15) is 16.1 Å². The molecule has 0 atom stereocenters. The van der Waals surface area contributed by atoms with Crippen LogP contribution in [0.5, 0.6) is 0 Å². The maximum Gasteiger partial charge on any atom is 0.418 e. The van der Waals surface area contributed by atoms with Gasteiger partial charge in [0.25, 0.3) is 5.91 Å². The van der Waals surface area contributed by atoms with Gasteiger partial charge in [-0.15, -0.1) is 11.8 Å². The van der Waals surface area contributed by atoms with Crippen molar-refractivity contribution in [1.29, 1.82) is 0 Å². The molecule has 29 heavy (non-hydrogen) atoms. The molecule has 150 valence electrons. The Morgan fingerprint density at radius 2 is 1.66 bits per heavy atom. The average molecular weight is 420 g/mol. The minimum Gasteiger partial charge on any atom is -0.459 e. The molecule has 1 heterocycles. The maximum atomic E-state index is 13.0. The van der Waals surface area contributed by atoms with E-state index in [1.54, 1.807) is 30.3 Å². The molecule has 5 nitrogen and oxygen atoms in total. The molecule has 2 N–H and O–H groups in total. The van der Waals surface area contributed by atoms with Crippen LogP contribution in [-0.2, 0) is 11.0 Å². The van der Waals surface area contributed by atoms with Gasteiger partial charge in [-0.25, -0.2) is 0 Å². The Bertz CT molecular complexity index is 987. The Labute approximate surface area is 168 Å². The highest BCUT2D eigenvalue weighted by Gasteiger charge is 2.33. The molecule has 0 radical (unpaired) electrons. The van der Waals surface area contributed by atoms with Crippen molar-refractivity contribution in [2.45, 2.75) is 11.1 Å². The second-order valence-electron chi connectivity index (χ2n) is 5.84. The van der Waals surface area contributed by atoms with Gasteiger partial charge < -0.3 is 15.1 Å². The zero-order chi connectivity index (χ0) is 20.9. The summed E-state index contributed by atoms with van der Waals surface area (Å²) in [4.78, 5) is 24.7. The first-order valence-corrected chi connectivity index (χ1v) is 9.35. The summed E-state index contributed by atoms with van der Waals surface area (Å²) in [6, 6.07) is 14.6. The number of hydrogen-bond acceptors (Lipinski definition) is 4. The summed E-state index contributed by atoms with van der Waals surface area (Å²) in [5.74, 6) is -0.830. The van der Waals surface area contributed by atoms with Crippen molar-refractivity contribution in [2.24, 2.45) is 0 Å². The Kier molecular flexibility index (Phi) is 6.28. The van der Waals surface area contributed by atoms with Crippen LogP contribution in [-0.4, -0.2) is 17.6 Å². The molecule has 0 bridgehead atoms. The molecule has 3 aromatic rings. The number of hydrogen-bond donors (Lipinski definition) is 2. The molecule has 0 aliphatic rings. The van der Waals surface area contributed by atoms with Gasteiger partial charge >= 0.3 is 6.18 Å². The van der Waals surface area contributed by atoms with Gasteiger partial charge in [-0.2, -0.15) is 13.2 Å². The van der Waals surface area contributed by atoms with Crippen LogP contribution < -0.4 is 10.6 Å². The summed E-state index contributed by atoms with van der Waals surface area (Å²) >= 11 is 1.16. The van der Waals surface area contributed by atoms with Crippen molar-refractivity contribution < 1.29 is 27.2 Å². The van der Waals surface area contributed by atoms with Crippen molar-refractivity contribution >= 4 is 35.0 Å². The van der Waals surface area contributed by atoms with E-state index in [2.05, 4.69) is 10.6 Å². The van der Waals surface area contributed by atoms with Crippen LogP contribution in [0.4, 0.5) is 24.5 Å². The lowest BCUT2D eigenvalue weighted by Gasteiger charge is -2.13. The molecule has 0 aliphatic heterocycles. The molecule has 2 amide bonds. The molecule has 0 fully saturated rings. The highest BCUT2D eigenvalue weighted by atomic mass is 32.2. The van der Waals surface area contributed by atoms with Gasteiger partial charge in [0.1, 0.15) is 0 Å². The predicted octanol–water partition coefficient (Wildman–Crippen LogP) is 5.28. The zero-order valence-electron chi connectivity index (χ0n) is 14.8. The SMILES string of the molecule is O=C(CSc1ccc(NC(=O)c2ccco2)cc1)Nc1ccccc1C(F)(F)F. The zero-order valence-corrected chi connectivity index (χ0v) is 15.6. The van der Waals surface area contributed by atoms with E-state index in [-0.39, 0.29) is 17.2 Å². The normalized spacial score (nSPS) is 11.1. The molecule has 0 unspecified atom stereocenters. The van der Waals surface area contributed by atoms with Crippen molar-refractivity contribution in [3.05, 3.63) is 78.3 Å². The second-order valence-corrected chi connectivity index (χ2v) is 6.88. The summed E-state index contributed by atoms with van der Waals surface area (Å²) in [5.41, 5.74) is -0.629. The topological polar surface area (TPSA) is 71.3 Å². The number of carbonyl (C=O) groups excluding carboxylic acids is 2. The molecule has 0 spiro atoms. The van der Waals surface area contributed by atoms with Crippen molar-refractivity contribution in [3.8, 4) is 0 Å². The largest absolute Gasteiger partial charge is 0.459 e. The number of rotatable bonds is 6. The molecule has 0 saturated carbocycles. The Balaban J connectivity index is 1.54. The Morgan fingerprint density at radius 1 is 0.931 bits per heavy atom. The summed E-state index contributed by atoms with van der Waals surface area (Å²) in [7, 11) is 0. The minimum absolute atomic E-state index is 0.0652. The van der Waals surface area contributed by atoms with Crippen LogP contribution in [0.25, 0.3) is 0 Å². The molecule has 0 saturated heterocycles. The van der Waals surface area contributed by atoms with E-state index >= 15 is 0 Å². The standard InChI is InChI=1S/C20H15F3N2O3S/c21-20(22,23)15-4-1-2-5-16(15)25-18(26)12-29-14-9-7-13(8-10-14)24-19(27)17-6-3-11-28-17/h1-11H,12H2,(H,24,27)(H,25,26). The number of furan rings is 1. The van der Waals surface area contributed by atoms with E-state index in [1.165, 1.54) is 30.5 Å². The molecule has 1 aromatic heterocycles. The average Bonchev–Trinajstić information content (AvgIpc) is 3.22. The van der Waals surface area contributed by atoms with Gasteiger partial charge in [-0.1, -0.05) is 12.1 Å². The molecular weight excluding hydrogens is 405 g/mol. The lowest BCUT2D eigenvalue weighted by Crippen LogP contribution is -2.18. The third kappa shape index (κ3) is 5.64. The Hall–Kier alpha value is -3.20. The number of benzene rings is 2. The van der Waals surface area contributed by atoms with Crippen LogP contribution in [0, 0.1) is 0 Å². The first-order chi connectivity index (χ1) is 13.8. The van der Waals surface area contributed by atoms with Gasteiger partial charge in [0.05, 0.1) is 23.3 Å². The van der Waals surface area contributed by atoms with Gasteiger partial charge in [-0.3, -0.25) is 9.59 Å². The lowest BCUT2D eigenvalue weighted by atomic mass is 10.1. The monoisotopic (exact) mass is 420 g/mol. The van der Waals surface area contributed by atoms with Crippen LogP contribution in [0.2, 0.25) is 0 Å². The maximum absolute atomic E-state index is 13.0. The molecule has 3 rings (SSSR count). The number of amides is 2. The smallest absolute Gasteiger partial charge is 0.418 e. The van der Waals surface area contributed by atoms with Gasteiger partial charge in [0.2, 0.25) is 5.91 Å². The predicted molar refractivity (Wildman–Crippen MR) is 104 cm³/mol. The molecular formula is C20H15F3N2O3S. The fourth-order valence-corrected chi connectivity index (χ4v) is 3.11. The van der Waals surface area contributed by atoms with Crippen LogP contribution in [0.15, 0.2) is 76.2 Å². The summed E-state index contributed by atoms with van der Waals surface area (Å²) in [6.45, 7) is 0. The molecule has 9 heteroatoms. The fourth-order valence-electron chi connectivity index (χ4n) is 2.41. The van der Waals surface area contributed by atoms with Crippen LogP contribution in [0.3, 0.4) is 0 Å². The van der Waals surface area contributed by atoms with Gasteiger partial charge in [0, 0.05) is 10.6 Å². The number of thioether (sulfide) groups is 1. The highest BCUT2D eigenvalue weighted by molar-refractivity contribution is 8.00. The highest BCUT2D eigenvalue weighted by Crippen LogP contribution is 2.34.